The molecule has 2 aromatic rings. The number of rotatable bonds is 4. The van der Waals surface area contributed by atoms with Crippen LogP contribution < -0.4 is 0 Å². The molecule has 4 nitrogen and oxygen atoms in total. The number of aryl methyl sites for hydroxylation is 1. The van der Waals surface area contributed by atoms with Gasteiger partial charge in [-0.05, 0) is 18.6 Å². The lowest BCUT2D eigenvalue weighted by Crippen LogP contribution is -2.09. The molecular weight excluding hydrogens is 204 g/mol. The Hall–Kier alpha value is -1.84. The van der Waals surface area contributed by atoms with Crippen LogP contribution in [0.25, 0.3) is 11.0 Å². The number of para-hydroxylation sites is 2. The van der Waals surface area contributed by atoms with Crippen molar-refractivity contribution in [2.75, 3.05) is 0 Å². The van der Waals surface area contributed by atoms with Gasteiger partial charge in [0, 0.05) is 6.54 Å². The summed E-state index contributed by atoms with van der Waals surface area (Å²) in [5, 5.41) is 9.08. The number of carbonyl (C=O) groups is 1. The summed E-state index contributed by atoms with van der Waals surface area (Å²) < 4.78 is 1.78. The zero-order valence-electron chi connectivity index (χ0n) is 9.18. The van der Waals surface area contributed by atoms with Gasteiger partial charge in [0.2, 0.25) is 5.82 Å². The maximum Gasteiger partial charge on any atom is 0.372 e. The molecule has 0 bridgehead atoms. The van der Waals surface area contributed by atoms with Crippen LogP contribution in [-0.4, -0.2) is 20.6 Å². The number of hydrogen-bond donors (Lipinski definition) is 1. The SMILES string of the molecule is CCCCn1c(C(=O)O)nc2ccccc21. The first kappa shape index (κ1) is 10.7. The molecule has 16 heavy (non-hydrogen) atoms. The van der Waals surface area contributed by atoms with E-state index >= 15 is 0 Å². The minimum Gasteiger partial charge on any atom is -0.475 e. The third kappa shape index (κ3) is 1.78. The van der Waals surface area contributed by atoms with Gasteiger partial charge in [0.05, 0.1) is 11.0 Å². The van der Waals surface area contributed by atoms with Crippen LogP contribution in [0, 0.1) is 0 Å². The first-order chi connectivity index (χ1) is 7.74. The molecule has 0 unspecified atom stereocenters. The molecule has 0 saturated heterocycles. The van der Waals surface area contributed by atoms with E-state index in [-0.39, 0.29) is 5.82 Å². The second-order valence-corrected chi connectivity index (χ2v) is 3.73. The molecule has 1 aromatic carbocycles. The molecule has 0 aliphatic heterocycles. The summed E-state index contributed by atoms with van der Waals surface area (Å²) in [5.41, 5.74) is 1.64. The molecule has 1 N–H and O–H groups in total. The zero-order chi connectivity index (χ0) is 11.5. The monoisotopic (exact) mass is 218 g/mol. The van der Waals surface area contributed by atoms with Gasteiger partial charge in [0.1, 0.15) is 0 Å². The minimum absolute atomic E-state index is 0.134. The number of hydrogen-bond acceptors (Lipinski definition) is 2. The van der Waals surface area contributed by atoms with Crippen molar-refractivity contribution in [3.8, 4) is 0 Å². The van der Waals surface area contributed by atoms with Gasteiger partial charge in [0.15, 0.2) is 0 Å². The lowest BCUT2D eigenvalue weighted by molar-refractivity contribution is 0.0678. The summed E-state index contributed by atoms with van der Waals surface area (Å²) in [6.07, 6.45) is 1.99. The Bertz CT molecular complexity index is 517. The highest BCUT2D eigenvalue weighted by Gasteiger charge is 2.15. The van der Waals surface area contributed by atoms with E-state index in [2.05, 4.69) is 11.9 Å². The third-order valence-electron chi connectivity index (χ3n) is 2.58. The lowest BCUT2D eigenvalue weighted by atomic mass is 10.3. The molecule has 0 aliphatic rings. The van der Waals surface area contributed by atoms with Crippen LogP contribution in [0.3, 0.4) is 0 Å². The first-order valence-corrected chi connectivity index (χ1v) is 5.42. The van der Waals surface area contributed by atoms with Crippen LogP contribution in [0.2, 0.25) is 0 Å². The van der Waals surface area contributed by atoms with Crippen LogP contribution in [0.4, 0.5) is 0 Å². The van der Waals surface area contributed by atoms with E-state index in [1.807, 2.05) is 24.3 Å². The normalized spacial score (nSPS) is 10.8. The van der Waals surface area contributed by atoms with E-state index in [9.17, 15) is 4.79 Å². The van der Waals surface area contributed by atoms with Crippen LogP contribution in [0.5, 0.6) is 0 Å². The highest BCUT2D eigenvalue weighted by molar-refractivity contribution is 5.89. The molecule has 0 amide bonds. The molecule has 0 spiro atoms. The molecule has 0 radical (unpaired) electrons. The van der Waals surface area contributed by atoms with Crippen molar-refractivity contribution < 1.29 is 9.90 Å². The van der Waals surface area contributed by atoms with E-state index in [0.29, 0.717) is 6.54 Å². The second kappa shape index (κ2) is 4.35. The highest BCUT2D eigenvalue weighted by atomic mass is 16.4. The lowest BCUT2D eigenvalue weighted by Gasteiger charge is -2.04. The number of fused-ring (bicyclic) bond motifs is 1. The summed E-state index contributed by atoms with van der Waals surface area (Å²) in [5.74, 6) is -0.832. The predicted octanol–water partition coefficient (Wildman–Crippen LogP) is 2.53. The average molecular weight is 218 g/mol. The van der Waals surface area contributed by atoms with E-state index in [4.69, 9.17) is 5.11 Å². The van der Waals surface area contributed by atoms with E-state index in [1.54, 1.807) is 4.57 Å². The zero-order valence-corrected chi connectivity index (χ0v) is 9.18. The first-order valence-electron chi connectivity index (χ1n) is 5.42. The minimum atomic E-state index is -0.965. The van der Waals surface area contributed by atoms with Crippen molar-refractivity contribution in [1.29, 1.82) is 0 Å². The van der Waals surface area contributed by atoms with Crippen LogP contribution in [0.15, 0.2) is 24.3 Å². The van der Waals surface area contributed by atoms with E-state index < -0.39 is 5.97 Å². The Morgan fingerprint density at radius 3 is 2.88 bits per heavy atom. The molecule has 0 saturated carbocycles. The number of aromatic carboxylic acids is 1. The second-order valence-electron chi connectivity index (χ2n) is 3.73. The molecule has 1 heterocycles. The number of carboxylic acids is 1. The Kier molecular flexibility index (Phi) is 2.90. The Balaban J connectivity index is 2.55. The van der Waals surface area contributed by atoms with Gasteiger partial charge in [-0.15, -0.1) is 0 Å². The average Bonchev–Trinajstić information content (AvgIpc) is 2.65. The number of nitrogens with zero attached hydrogens (tertiary/aromatic N) is 2. The van der Waals surface area contributed by atoms with Crippen LogP contribution in [0.1, 0.15) is 30.4 Å². The van der Waals surface area contributed by atoms with Crippen LogP contribution >= 0.6 is 0 Å². The topological polar surface area (TPSA) is 55.1 Å². The van der Waals surface area contributed by atoms with Gasteiger partial charge >= 0.3 is 5.97 Å². The van der Waals surface area contributed by atoms with Crippen molar-refractivity contribution in [2.45, 2.75) is 26.3 Å². The fourth-order valence-corrected chi connectivity index (χ4v) is 1.78. The summed E-state index contributed by atoms with van der Waals surface area (Å²) in [4.78, 5) is 15.2. The fourth-order valence-electron chi connectivity index (χ4n) is 1.78. The molecule has 84 valence electrons. The number of aromatic nitrogens is 2. The number of carboxylic acid groups (broad SMARTS) is 1. The van der Waals surface area contributed by atoms with Gasteiger partial charge in [-0.2, -0.15) is 0 Å². The number of imidazole rings is 1. The van der Waals surface area contributed by atoms with Gasteiger partial charge < -0.3 is 9.67 Å². The largest absolute Gasteiger partial charge is 0.475 e. The van der Waals surface area contributed by atoms with Crippen molar-refractivity contribution in [2.24, 2.45) is 0 Å². The maximum absolute atomic E-state index is 11.1. The summed E-state index contributed by atoms with van der Waals surface area (Å²) in [7, 11) is 0. The highest BCUT2D eigenvalue weighted by Crippen LogP contribution is 2.16. The molecule has 1 aromatic heterocycles. The summed E-state index contributed by atoms with van der Waals surface area (Å²) >= 11 is 0. The van der Waals surface area contributed by atoms with Crippen molar-refractivity contribution in [3.05, 3.63) is 30.1 Å². The molecule has 4 heteroatoms. The van der Waals surface area contributed by atoms with Crippen molar-refractivity contribution in [3.63, 3.8) is 0 Å². The van der Waals surface area contributed by atoms with Gasteiger partial charge in [-0.25, -0.2) is 9.78 Å². The third-order valence-corrected chi connectivity index (χ3v) is 2.58. The molecule has 2 rings (SSSR count). The quantitative estimate of drug-likeness (QED) is 0.857. The fraction of sp³-hybridized carbons (Fsp3) is 0.333. The number of benzene rings is 1. The van der Waals surface area contributed by atoms with Crippen molar-refractivity contribution >= 4 is 17.0 Å². The van der Waals surface area contributed by atoms with Gasteiger partial charge in [-0.3, -0.25) is 0 Å². The Morgan fingerprint density at radius 1 is 1.44 bits per heavy atom. The van der Waals surface area contributed by atoms with Crippen molar-refractivity contribution in [1.82, 2.24) is 9.55 Å². The predicted molar refractivity (Wildman–Crippen MR) is 61.6 cm³/mol. The molecule has 0 aliphatic carbocycles. The van der Waals surface area contributed by atoms with E-state index in [1.165, 1.54) is 0 Å². The summed E-state index contributed by atoms with van der Waals surface area (Å²) in [6.45, 7) is 2.79. The summed E-state index contributed by atoms with van der Waals surface area (Å²) in [6, 6.07) is 7.51. The Labute approximate surface area is 93.5 Å². The molecular formula is C12H14N2O2. The smallest absolute Gasteiger partial charge is 0.372 e. The van der Waals surface area contributed by atoms with Gasteiger partial charge in [0.25, 0.3) is 0 Å². The molecule has 0 fully saturated rings. The molecule has 0 atom stereocenters. The van der Waals surface area contributed by atoms with Crippen LogP contribution in [-0.2, 0) is 6.54 Å². The number of unbranched alkanes of at least 4 members (excludes halogenated alkanes) is 1. The Morgan fingerprint density at radius 2 is 2.19 bits per heavy atom. The standard InChI is InChI=1S/C12H14N2O2/c1-2-3-8-14-10-7-5-4-6-9(10)13-11(14)12(15)16/h4-7H,2-3,8H2,1H3,(H,15,16). The van der Waals surface area contributed by atoms with E-state index in [0.717, 1.165) is 23.9 Å². The maximum atomic E-state index is 11.1. The van der Waals surface area contributed by atoms with Gasteiger partial charge in [-0.1, -0.05) is 25.5 Å².